The maximum absolute atomic E-state index is 9.59. The molecule has 0 amide bonds. The molecule has 2 nitrogen and oxygen atoms in total. The highest BCUT2D eigenvalue weighted by atomic mass is 16.5. The summed E-state index contributed by atoms with van der Waals surface area (Å²) in [5.74, 6) is 0.473. The summed E-state index contributed by atoms with van der Waals surface area (Å²) in [6, 6.07) is 9.85. The lowest BCUT2D eigenvalue weighted by Gasteiger charge is -2.06. The standard InChI is InChI=1S/C12H14NO/c1-9(2)10-7-8-13(14)12-6-4-3-5-11(10)12/h3-9,14H,1-2H3/q+1. The molecule has 2 heteroatoms. The van der Waals surface area contributed by atoms with Crippen LogP contribution in [0.2, 0.25) is 0 Å². The van der Waals surface area contributed by atoms with Crippen LogP contribution in [-0.2, 0) is 0 Å². The second kappa shape index (κ2) is 3.29. The van der Waals surface area contributed by atoms with Crippen molar-refractivity contribution in [1.29, 1.82) is 0 Å². The second-order valence-corrected chi connectivity index (χ2v) is 3.79. The molecule has 0 saturated carbocycles. The molecule has 2 aromatic rings. The van der Waals surface area contributed by atoms with Crippen LogP contribution in [0.5, 0.6) is 0 Å². The number of hydrogen-bond acceptors (Lipinski definition) is 1. The van der Waals surface area contributed by atoms with E-state index in [1.165, 1.54) is 10.3 Å². The van der Waals surface area contributed by atoms with Gasteiger partial charge >= 0.3 is 0 Å². The predicted octanol–water partition coefficient (Wildman–Crippen LogP) is 2.49. The number of aromatic nitrogens is 1. The molecule has 0 fully saturated rings. The van der Waals surface area contributed by atoms with E-state index >= 15 is 0 Å². The van der Waals surface area contributed by atoms with Gasteiger partial charge < -0.3 is 0 Å². The Morgan fingerprint density at radius 3 is 2.57 bits per heavy atom. The Bertz CT molecular complexity index is 463. The zero-order valence-corrected chi connectivity index (χ0v) is 8.44. The number of fused-ring (bicyclic) bond motifs is 1. The molecule has 0 aliphatic heterocycles. The van der Waals surface area contributed by atoms with Crippen molar-refractivity contribution in [2.45, 2.75) is 19.8 Å². The third-order valence-electron chi connectivity index (χ3n) is 2.48. The van der Waals surface area contributed by atoms with Gasteiger partial charge in [-0.05, 0) is 17.5 Å². The van der Waals surface area contributed by atoms with Gasteiger partial charge in [0.05, 0.1) is 5.39 Å². The van der Waals surface area contributed by atoms with Gasteiger partial charge in [-0.3, -0.25) is 5.21 Å². The Balaban J connectivity index is 2.82. The summed E-state index contributed by atoms with van der Waals surface area (Å²) >= 11 is 0. The minimum atomic E-state index is 0.473. The van der Waals surface area contributed by atoms with E-state index in [-0.39, 0.29) is 0 Å². The lowest BCUT2D eigenvalue weighted by molar-refractivity contribution is -0.884. The van der Waals surface area contributed by atoms with Crippen molar-refractivity contribution in [3.8, 4) is 0 Å². The molecule has 0 bridgehead atoms. The van der Waals surface area contributed by atoms with Crippen LogP contribution in [0.1, 0.15) is 25.3 Å². The highest BCUT2D eigenvalue weighted by Crippen LogP contribution is 2.22. The van der Waals surface area contributed by atoms with Crippen LogP contribution in [0, 0.1) is 0 Å². The molecule has 14 heavy (non-hydrogen) atoms. The fourth-order valence-electron chi connectivity index (χ4n) is 1.74. The van der Waals surface area contributed by atoms with E-state index in [9.17, 15) is 5.21 Å². The van der Waals surface area contributed by atoms with E-state index in [0.717, 1.165) is 10.9 Å². The number of para-hydroxylation sites is 1. The van der Waals surface area contributed by atoms with E-state index in [2.05, 4.69) is 13.8 Å². The van der Waals surface area contributed by atoms with Crippen LogP contribution in [-0.4, -0.2) is 5.21 Å². The minimum absolute atomic E-state index is 0.473. The quantitative estimate of drug-likeness (QED) is 0.539. The summed E-state index contributed by atoms with van der Waals surface area (Å²) < 4.78 is 1.17. The molecule has 0 radical (unpaired) electrons. The van der Waals surface area contributed by atoms with Crippen molar-refractivity contribution in [3.63, 3.8) is 0 Å². The first-order chi connectivity index (χ1) is 6.70. The van der Waals surface area contributed by atoms with Crippen LogP contribution in [0.25, 0.3) is 10.9 Å². The van der Waals surface area contributed by atoms with Crippen molar-refractivity contribution in [2.75, 3.05) is 0 Å². The smallest absolute Gasteiger partial charge is 0.264 e. The highest BCUT2D eigenvalue weighted by Gasteiger charge is 2.12. The van der Waals surface area contributed by atoms with Gasteiger partial charge in [-0.25, -0.2) is 0 Å². The number of nitrogens with zero attached hydrogens (tertiary/aromatic N) is 1. The summed E-state index contributed by atoms with van der Waals surface area (Å²) in [6.07, 6.45) is 1.69. The zero-order valence-electron chi connectivity index (χ0n) is 8.44. The number of benzene rings is 1. The van der Waals surface area contributed by atoms with E-state index in [4.69, 9.17) is 0 Å². The first-order valence-corrected chi connectivity index (χ1v) is 4.82. The molecule has 1 aromatic heterocycles. The Labute approximate surface area is 83.4 Å². The van der Waals surface area contributed by atoms with E-state index in [0.29, 0.717) is 5.92 Å². The topological polar surface area (TPSA) is 24.1 Å². The molecule has 72 valence electrons. The van der Waals surface area contributed by atoms with Gasteiger partial charge in [-0.1, -0.05) is 26.0 Å². The summed E-state index contributed by atoms with van der Waals surface area (Å²) in [5.41, 5.74) is 2.13. The molecule has 1 heterocycles. The average molecular weight is 188 g/mol. The highest BCUT2D eigenvalue weighted by molar-refractivity contribution is 5.79. The Hall–Kier alpha value is -1.57. The fourth-order valence-corrected chi connectivity index (χ4v) is 1.74. The number of hydrogen-bond donors (Lipinski definition) is 1. The summed E-state index contributed by atoms with van der Waals surface area (Å²) in [6.45, 7) is 4.31. The van der Waals surface area contributed by atoms with Crippen LogP contribution < -0.4 is 4.73 Å². The SMILES string of the molecule is CC(C)c1cc[n+](O)c2ccccc12. The van der Waals surface area contributed by atoms with Crippen molar-refractivity contribution >= 4 is 10.9 Å². The third-order valence-corrected chi connectivity index (χ3v) is 2.48. The Morgan fingerprint density at radius 1 is 1.14 bits per heavy atom. The van der Waals surface area contributed by atoms with Crippen LogP contribution in [0.15, 0.2) is 36.5 Å². The summed E-state index contributed by atoms with van der Waals surface area (Å²) in [5, 5.41) is 10.7. The molecular weight excluding hydrogens is 174 g/mol. The fraction of sp³-hybridized carbons (Fsp3) is 0.250. The monoisotopic (exact) mass is 188 g/mol. The summed E-state index contributed by atoms with van der Waals surface area (Å²) in [7, 11) is 0. The second-order valence-electron chi connectivity index (χ2n) is 3.79. The first-order valence-electron chi connectivity index (χ1n) is 4.82. The van der Waals surface area contributed by atoms with E-state index < -0.39 is 0 Å². The molecule has 0 spiro atoms. The molecule has 0 aliphatic rings. The number of pyridine rings is 1. The molecular formula is C12H14NO+. The van der Waals surface area contributed by atoms with Gasteiger partial charge in [-0.2, -0.15) is 0 Å². The molecule has 2 rings (SSSR count). The third kappa shape index (κ3) is 1.33. The van der Waals surface area contributed by atoms with Crippen molar-refractivity contribution < 1.29 is 9.94 Å². The zero-order chi connectivity index (χ0) is 10.1. The van der Waals surface area contributed by atoms with E-state index in [1.54, 1.807) is 6.20 Å². The molecule has 0 saturated heterocycles. The predicted molar refractivity (Wildman–Crippen MR) is 55.4 cm³/mol. The van der Waals surface area contributed by atoms with Crippen LogP contribution in [0.3, 0.4) is 0 Å². The maximum Gasteiger partial charge on any atom is 0.264 e. The van der Waals surface area contributed by atoms with Crippen LogP contribution in [0.4, 0.5) is 0 Å². The van der Waals surface area contributed by atoms with Crippen molar-refractivity contribution in [3.05, 3.63) is 42.1 Å². The lowest BCUT2D eigenvalue weighted by atomic mass is 9.99. The van der Waals surface area contributed by atoms with Gasteiger partial charge in [0.15, 0.2) is 0 Å². The van der Waals surface area contributed by atoms with Gasteiger partial charge in [0.2, 0.25) is 6.20 Å². The van der Waals surface area contributed by atoms with Crippen LogP contribution >= 0.6 is 0 Å². The normalized spacial score (nSPS) is 11.1. The van der Waals surface area contributed by atoms with Gasteiger partial charge in [0.25, 0.3) is 5.52 Å². The molecule has 1 N–H and O–H groups in total. The first kappa shape index (κ1) is 9.00. The molecule has 1 aromatic carbocycles. The minimum Gasteiger partial charge on any atom is -0.285 e. The van der Waals surface area contributed by atoms with E-state index in [1.807, 2.05) is 30.3 Å². The Kier molecular flexibility index (Phi) is 2.12. The van der Waals surface area contributed by atoms with Gasteiger partial charge in [0, 0.05) is 16.9 Å². The van der Waals surface area contributed by atoms with Gasteiger partial charge in [-0.15, -0.1) is 0 Å². The van der Waals surface area contributed by atoms with Crippen molar-refractivity contribution in [1.82, 2.24) is 0 Å². The molecule has 0 aliphatic carbocycles. The average Bonchev–Trinajstić information content (AvgIpc) is 2.18. The summed E-state index contributed by atoms with van der Waals surface area (Å²) in [4.78, 5) is 0. The lowest BCUT2D eigenvalue weighted by Crippen LogP contribution is -2.30. The molecule has 0 unspecified atom stereocenters. The largest absolute Gasteiger partial charge is 0.285 e. The number of rotatable bonds is 1. The van der Waals surface area contributed by atoms with Crippen molar-refractivity contribution in [2.24, 2.45) is 0 Å². The van der Waals surface area contributed by atoms with Gasteiger partial charge in [0.1, 0.15) is 0 Å². The maximum atomic E-state index is 9.59. The molecule has 0 atom stereocenters. The Morgan fingerprint density at radius 2 is 1.86 bits per heavy atom.